The molecule has 0 radical (unpaired) electrons. The van der Waals surface area contributed by atoms with Crippen LogP contribution in [0.2, 0.25) is 0 Å². The average Bonchev–Trinajstić information content (AvgIpc) is 2.44. The van der Waals surface area contributed by atoms with Crippen molar-refractivity contribution in [2.24, 2.45) is 17.3 Å². The molecule has 0 saturated heterocycles. The molecule has 4 unspecified atom stereocenters. The van der Waals surface area contributed by atoms with E-state index in [1.807, 2.05) is 0 Å². The summed E-state index contributed by atoms with van der Waals surface area (Å²) in [5, 5.41) is 9.14. The van der Waals surface area contributed by atoms with Crippen LogP contribution in [0.1, 0.15) is 40.0 Å². The number of rotatable bonds is 2. The third-order valence-electron chi connectivity index (χ3n) is 4.49. The van der Waals surface area contributed by atoms with Gasteiger partial charge in [-0.25, -0.2) is 4.39 Å². The molecule has 0 spiro atoms. The van der Waals surface area contributed by atoms with Crippen LogP contribution < -0.4 is 0 Å². The summed E-state index contributed by atoms with van der Waals surface area (Å²) in [6.45, 7) is 6.56. The van der Waals surface area contributed by atoms with Gasteiger partial charge in [0.1, 0.15) is 5.82 Å². The highest BCUT2D eigenvalue weighted by Crippen LogP contribution is 2.42. The first-order chi connectivity index (χ1) is 9.82. The molecule has 1 saturated carbocycles. The van der Waals surface area contributed by atoms with Crippen molar-refractivity contribution >= 4 is 10.8 Å². The normalized spacial score (nSPS) is 27.9. The van der Waals surface area contributed by atoms with E-state index in [1.54, 1.807) is 12.1 Å². The molecule has 1 aromatic rings. The Morgan fingerprint density at radius 2 is 2.05 bits per heavy atom. The first-order valence-electron chi connectivity index (χ1n) is 7.38. The molecule has 0 bridgehead atoms. The smallest absolute Gasteiger partial charge is 0.124 e. The molecule has 2 rings (SSSR count). The maximum Gasteiger partial charge on any atom is 0.124 e. The van der Waals surface area contributed by atoms with E-state index in [9.17, 15) is 13.9 Å². The summed E-state index contributed by atoms with van der Waals surface area (Å²) in [5.74, 6) is -0.130. The minimum absolute atomic E-state index is 0.144. The molecule has 21 heavy (non-hydrogen) atoms. The van der Waals surface area contributed by atoms with E-state index in [2.05, 4.69) is 26.8 Å². The molecule has 1 fully saturated rings. The van der Waals surface area contributed by atoms with Crippen LogP contribution in [0.3, 0.4) is 0 Å². The van der Waals surface area contributed by atoms with Crippen molar-refractivity contribution in [3.8, 4) is 6.07 Å². The van der Waals surface area contributed by atoms with Gasteiger partial charge in [0.25, 0.3) is 0 Å². The van der Waals surface area contributed by atoms with Crippen LogP contribution in [-0.4, -0.2) is 9.46 Å². The number of benzene rings is 1. The van der Waals surface area contributed by atoms with E-state index >= 15 is 0 Å². The minimum Gasteiger partial charge on any atom is -0.254 e. The summed E-state index contributed by atoms with van der Waals surface area (Å²) in [4.78, 5) is 0.495. The predicted octanol–water partition coefficient (Wildman–Crippen LogP) is 4.29. The van der Waals surface area contributed by atoms with Crippen LogP contribution in [0.15, 0.2) is 29.2 Å². The quantitative estimate of drug-likeness (QED) is 0.818. The lowest BCUT2D eigenvalue weighted by molar-refractivity contribution is 0.167. The van der Waals surface area contributed by atoms with Gasteiger partial charge in [-0.3, -0.25) is 4.21 Å². The van der Waals surface area contributed by atoms with Gasteiger partial charge in [-0.05, 0) is 48.8 Å². The van der Waals surface area contributed by atoms with Crippen molar-refractivity contribution < 1.29 is 8.60 Å². The van der Waals surface area contributed by atoms with E-state index in [1.165, 1.54) is 12.1 Å². The Labute approximate surface area is 128 Å². The van der Waals surface area contributed by atoms with Gasteiger partial charge < -0.3 is 0 Å². The van der Waals surface area contributed by atoms with Crippen molar-refractivity contribution in [1.29, 1.82) is 5.26 Å². The van der Waals surface area contributed by atoms with Crippen LogP contribution in [0.5, 0.6) is 0 Å². The summed E-state index contributed by atoms with van der Waals surface area (Å²) in [6.07, 6.45) is 2.55. The molecule has 0 aliphatic heterocycles. The number of halogens is 1. The predicted molar refractivity (Wildman–Crippen MR) is 82.5 cm³/mol. The van der Waals surface area contributed by atoms with E-state index in [4.69, 9.17) is 0 Å². The fraction of sp³-hybridized carbons (Fsp3) is 0.588. The second-order valence-electron chi connectivity index (χ2n) is 6.90. The molecule has 0 N–H and O–H groups in total. The van der Waals surface area contributed by atoms with E-state index < -0.39 is 10.8 Å². The second kappa shape index (κ2) is 6.27. The molecule has 114 valence electrons. The Hall–Kier alpha value is -1.21. The summed E-state index contributed by atoms with van der Waals surface area (Å²) in [5.41, 5.74) is 0.144. The van der Waals surface area contributed by atoms with Crippen LogP contribution in [-0.2, 0) is 10.8 Å². The van der Waals surface area contributed by atoms with Crippen LogP contribution >= 0.6 is 0 Å². The van der Waals surface area contributed by atoms with Crippen molar-refractivity contribution in [1.82, 2.24) is 0 Å². The summed E-state index contributed by atoms with van der Waals surface area (Å²) < 4.78 is 26.1. The molecular formula is C17H22FNOS. The lowest BCUT2D eigenvalue weighted by Crippen LogP contribution is -2.37. The third kappa shape index (κ3) is 3.71. The van der Waals surface area contributed by atoms with Gasteiger partial charge >= 0.3 is 0 Å². The molecule has 0 amide bonds. The van der Waals surface area contributed by atoms with E-state index in [0.717, 1.165) is 19.3 Å². The first kappa shape index (κ1) is 16.2. The highest BCUT2D eigenvalue weighted by Gasteiger charge is 2.39. The highest BCUT2D eigenvalue weighted by atomic mass is 32.2. The summed E-state index contributed by atoms with van der Waals surface area (Å²) >= 11 is 0. The average molecular weight is 307 g/mol. The van der Waals surface area contributed by atoms with Gasteiger partial charge in [0.2, 0.25) is 0 Å². The first-order valence-corrected chi connectivity index (χ1v) is 8.60. The van der Waals surface area contributed by atoms with E-state index in [0.29, 0.717) is 10.8 Å². The highest BCUT2D eigenvalue weighted by molar-refractivity contribution is 7.85. The zero-order valence-corrected chi connectivity index (χ0v) is 13.6. The van der Waals surface area contributed by atoms with Crippen molar-refractivity contribution in [2.75, 3.05) is 0 Å². The molecular weight excluding hydrogens is 285 g/mol. The number of hydrogen-bond acceptors (Lipinski definition) is 2. The molecule has 0 aromatic heterocycles. The van der Waals surface area contributed by atoms with Gasteiger partial charge in [-0.15, -0.1) is 0 Å². The van der Waals surface area contributed by atoms with Gasteiger partial charge in [0.05, 0.1) is 28.0 Å². The zero-order valence-electron chi connectivity index (χ0n) is 12.8. The zero-order chi connectivity index (χ0) is 15.6. The van der Waals surface area contributed by atoms with Gasteiger partial charge in [-0.1, -0.05) is 26.8 Å². The molecule has 1 aliphatic carbocycles. The van der Waals surface area contributed by atoms with Crippen LogP contribution in [0.25, 0.3) is 0 Å². The van der Waals surface area contributed by atoms with E-state index in [-0.39, 0.29) is 22.4 Å². The molecule has 1 aliphatic rings. The second-order valence-corrected chi connectivity index (χ2v) is 8.58. The number of nitrogens with zero attached hydrogens (tertiary/aromatic N) is 1. The van der Waals surface area contributed by atoms with Crippen molar-refractivity contribution in [3.63, 3.8) is 0 Å². The van der Waals surface area contributed by atoms with Gasteiger partial charge in [0, 0.05) is 4.90 Å². The Balaban J connectivity index is 2.25. The van der Waals surface area contributed by atoms with Gasteiger partial charge in [0.15, 0.2) is 0 Å². The maximum atomic E-state index is 13.3. The summed E-state index contributed by atoms with van der Waals surface area (Å²) in [7, 11) is -1.33. The molecule has 1 aromatic carbocycles. The largest absolute Gasteiger partial charge is 0.254 e. The third-order valence-corrected chi connectivity index (χ3v) is 6.28. The van der Waals surface area contributed by atoms with Crippen LogP contribution in [0.4, 0.5) is 4.39 Å². The Bertz CT molecular complexity index is 573. The Morgan fingerprint density at radius 3 is 2.62 bits per heavy atom. The minimum atomic E-state index is -1.33. The number of hydrogen-bond donors (Lipinski definition) is 0. The molecule has 2 nitrogen and oxygen atoms in total. The maximum absolute atomic E-state index is 13.3. The van der Waals surface area contributed by atoms with Crippen molar-refractivity contribution in [3.05, 3.63) is 30.1 Å². The molecule has 4 atom stereocenters. The standard InChI is InChI=1S/C17H22FNOS/c1-17(2,3)13-8-7-12(11-19)16(9-13)21(20)15-6-4-5-14(18)10-15/h4-6,10,12-13,16H,7-9H2,1-3H3. The molecule has 0 heterocycles. The topological polar surface area (TPSA) is 40.9 Å². The Morgan fingerprint density at radius 1 is 1.33 bits per heavy atom. The summed E-state index contributed by atoms with van der Waals surface area (Å²) in [6, 6.07) is 8.24. The van der Waals surface area contributed by atoms with Crippen LogP contribution in [0, 0.1) is 34.4 Å². The van der Waals surface area contributed by atoms with Crippen molar-refractivity contribution in [2.45, 2.75) is 50.2 Å². The number of nitriles is 1. The lowest BCUT2D eigenvalue weighted by Gasteiger charge is -2.39. The lowest BCUT2D eigenvalue weighted by atomic mass is 9.70. The fourth-order valence-corrected chi connectivity index (χ4v) is 4.76. The molecule has 4 heteroatoms. The Kier molecular flexibility index (Phi) is 4.83. The van der Waals surface area contributed by atoms with Gasteiger partial charge in [-0.2, -0.15) is 5.26 Å². The fourth-order valence-electron chi connectivity index (χ4n) is 3.07. The SMILES string of the molecule is CC(C)(C)C1CCC(C#N)C(S(=O)c2cccc(F)c2)C1. The monoisotopic (exact) mass is 307 g/mol.